The summed E-state index contributed by atoms with van der Waals surface area (Å²) in [5.74, 6) is 0. The maximum Gasteiger partial charge on any atom is 0.204 e. The van der Waals surface area contributed by atoms with Crippen molar-refractivity contribution in [1.29, 1.82) is 0 Å². The molecule has 0 aromatic rings. The van der Waals surface area contributed by atoms with Gasteiger partial charge in [0.1, 0.15) is 0 Å². The molecule has 1 aliphatic carbocycles. The summed E-state index contributed by atoms with van der Waals surface area (Å²) in [7, 11) is 0. The summed E-state index contributed by atoms with van der Waals surface area (Å²) in [5.41, 5.74) is 0. The highest BCUT2D eigenvalue weighted by molar-refractivity contribution is 8.21. The SMILES string of the molecule is CCCCC(=O)SNSC1CCCC1. The molecule has 0 bridgehead atoms. The predicted molar refractivity (Wildman–Crippen MR) is 65.1 cm³/mol. The topological polar surface area (TPSA) is 29.1 Å². The molecular formula is C10H19NOS2. The second-order valence-electron chi connectivity index (χ2n) is 3.69. The molecule has 0 aromatic heterocycles. The number of carbonyl (C=O) groups excluding carboxylic acids is 1. The van der Waals surface area contributed by atoms with Crippen molar-refractivity contribution >= 4 is 29.0 Å². The van der Waals surface area contributed by atoms with E-state index in [0.29, 0.717) is 6.42 Å². The largest absolute Gasteiger partial charge is 0.286 e. The van der Waals surface area contributed by atoms with Crippen molar-refractivity contribution in [3.05, 3.63) is 0 Å². The Morgan fingerprint density at radius 1 is 1.43 bits per heavy atom. The third-order valence-corrected chi connectivity index (χ3v) is 4.36. The third kappa shape index (κ3) is 5.27. The Morgan fingerprint density at radius 2 is 2.14 bits per heavy atom. The Hall–Kier alpha value is 0.330. The summed E-state index contributed by atoms with van der Waals surface area (Å²) in [5, 5.41) is 1.01. The molecule has 0 unspecified atom stereocenters. The van der Waals surface area contributed by atoms with Crippen molar-refractivity contribution in [3.63, 3.8) is 0 Å². The molecule has 0 aromatic carbocycles. The van der Waals surface area contributed by atoms with Crippen LogP contribution in [-0.2, 0) is 4.79 Å². The van der Waals surface area contributed by atoms with Gasteiger partial charge in [0, 0.05) is 23.6 Å². The maximum absolute atomic E-state index is 11.3. The smallest absolute Gasteiger partial charge is 0.204 e. The van der Waals surface area contributed by atoms with Crippen molar-refractivity contribution in [1.82, 2.24) is 4.13 Å². The van der Waals surface area contributed by atoms with Crippen molar-refractivity contribution in [2.45, 2.75) is 57.1 Å². The van der Waals surface area contributed by atoms with Crippen LogP contribution in [0.15, 0.2) is 0 Å². The minimum Gasteiger partial charge on any atom is -0.286 e. The predicted octanol–water partition coefficient (Wildman–Crippen LogP) is 3.53. The van der Waals surface area contributed by atoms with Crippen LogP contribution in [0.4, 0.5) is 0 Å². The number of hydrogen-bond acceptors (Lipinski definition) is 4. The average Bonchev–Trinajstić information content (AvgIpc) is 2.67. The second kappa shape index (κ2) is 7.60. The first-order valence-electron chi connectivity index (χ1n) is 5.43. The molecule has 82 valence electrons. The van der Waals surface area contributed by atoms with Crippen LogP contribution in [0.1, 0.15) is 51.9 Å². The fourth-order valence-corrected chi connectivity index (χ4v) is 3.44. The lowest BCUT2D eigenvalue weighted by Gasteiger charge is -2.07. The molecule has 1 N–H and O–H groups in total. The van der Waals surface area contributed by atoms with Crippen molar-refractivity contribution in [2.75, 3.05) is 0 Å². The van der Waals surface area contributed by atoms with Crippen LogP contribution in [0.5, 0.6) is 0 Å². The first-order valence-corrected chi connectivity index (χ1v) is 7.13. The molecule has 1 fully saturated rings. The number of rotatable bonds is 6. The third-order valence-electron chi connectivity index (χ3n) is 2.41. The summed E-state index contributed by atoms with van der Waals surface area (Å²) in [4.78, 5) is 11.3. The van der Waals surface area contributed by atoms with Gasteiger partial charge in [-0.25, -0.2) is 4.13 Å². The molecule has 0 heterocycles. The van der Waals surface area contributed by atoms with Crippen molar-refractivity contribution in [2.24, 2.45) is 0 Å². The molecule has 0 radical (unpaired) electrons. The van der Waals surface area contributed by atoms with Crippen LogP contribution >= 0.6 is 23.9 Å². The Labute approximate surface area is 95.2 Å². The van der Waals surface area contributed by atoms with Gasteiger partial charge in [-0.3, -0.25) is 4.79 Å². The van der Waals surface area contributed by atoms with Gasteiger partial charge in [-0.05, 0) is 19.3 Å². The molecule has 0 amide bonds. The lowest BCUT2D eigenvalue weighted by Crippen LogP contribution is -2.05. The summed E-state index contributed by atoms with van der Waals surface area (Å²) in [6.45, 7) is 2.11. The normalized spacial score (nSPS) is 17.5. The van der Waals surface area contributed by atoms with Crippen LogP contribution in [0.25, 0.3) is 0 Å². The van der Waals surface area contributed by atoms with E-state index in [4.69, 9.17) is 0 Å². The molecule has 0 atom stereocenters. The summed E-state index contributed by atoms with van der Waals surface area (Å²) in [6, 6.07) is 0. The molecule has 0 spiro atoms. The maximum atomic E-state index is 11.3. The van der Waals surface area contributed by atoms with E-state index in [1.807, 2.05) is 0 Å². The molecule has 14 heavy (non-hydrogen) atoms. The van der Waals surface area contributed by atoms with Gasteiger partial charge < -0.3 is 0 Å². The van der Waals surface area contributed by atoms with E-state index < -0.39 is 0 Å². The van der Waals surface area contributed by atoms with E-state index in [9.17, 15) is 4.79 Å². The Morgan fingerprint density at radius 3 is 2.79 bits per heavy atom. The van der Waals surface area contributed by atoms with Gasteiger partial charge in [-0.15, -0.1) is 0 Å². The fraction of sp³-hybridized carbons (Fsp3) is 0.900. The molecule has 1 rings (SSSR count). The van der Waals surface area contributed by atoms with Crippen molar-refractivity contribution in [3.8, 4) is 0 Å². The number of nitrogens with one attached hydrogen (secondary N) is 1. The Bertz CT molecular complexity index is 170. The summed E-state index contributed by atoms with van der Waals surface area (Å²) >= 11 is 3.02. The van der Waals surface area contributed by atoms with Gasteiger partial charge in [0.25, 0.3) is 0 Å². The average molecular weight is 233 g/mol. The van der Waals surface area contributed by atoms with E-state index in [0.717, 1.165) is 18.1 Å². The monoisotopic (exact) mass is 233 g/mol. The van der Waals surface area contributed by atoms with Crippen LogP contribution < -0.4 is 4.13 Å². The molecule has 1 aliphatic rings. The van der Waals surface area contributed by atoms with Gasteiger partial charge in [0.05, 0.1) is 0 Å². The molecule has 4 heteroatoms. The standard InChI is InChI=1S/C10H19NOS2/c1-2-3-8-10(12)14-11-13-9-6-4-5-7-9/h9,11H,2-8H2,1H3. The molecule has 0 aliphatic heterocycles. The van der Waals surface area contributed by atoms with Gasteiger partial charge >= 0.3 is 0 Å². The quantitative estimate of drug-likeness (QED) is 0.711. The minimum absolute atomic E-state index is 0.275. The molecule has 2 nitrogen and oxygen atoms in total. The molecular weight excluding hydrogens is 214 g/mol. The van der Waals surface area contributed by atoms with Crippen LogP contribution in [0, 0.1) is 0 Å². The van der Waals surface area contributed by atoms with Crippen LogP contribution in [0.3, 0.4) is 0 Å². The molecule has 1 saturated carbocycles. The highest BCUT2D eigenvalue weighted by atomic mass is 32.2. The van der Waals surface area contributed by atoms with E-state index in [-0.39, 0.29) is 5.12 Å². The fourth-order valence-electron chi connectivity index (χ4n) is 1.52. The highest BCUT2D eigenvalue weighted by Gasteiger charge is 2.15. The van der Waals surface area contributed by atoms with E-state index in [1.165, 1.54) is 37.6 Å². The zero-order chi connectivity index (χ0) is 10.2. The number of carbonyl (C=O) groups is 1. The zero-order valence-electron chi connectivity index (χ0n) is 8.75. The number of unbranched alkanes of at least 4 members (excludes halogenated alkanes) is 1. The first kappa shape index (κ1) is 12.4. The van der Waals surface area contributed by atoms with Gasteiger partial charge in [-0.2, -0.15) is 0 Å². The van der Waals surface area contributed by atoms with E-state index in [1.54, 1.807) is 11.9 Å². The van der Waals surface area contributed by atoms with Crippen LogP contribution in [-0.4, -0.2) is 10.4 Å². The number of hydrogen-bond donors (Lipinski definition) is 1. The van der Waals surface area contributed by atoms with E-state index >= 15 is 0 Å². The molecule has 0 saturated heterocycles. The van der Waals surface area contributed by atoms with E-state index in [2.05, 4.69) is 11.1 Å². The Kier molecular flexibility index (Phi) is 6.73. The van der Waals surface area contributed by atoms with Gasteiger partial charge in [-0.1, -0.05) is 38.1 Å². The lowest BCUT2D eigenvalue weighted by atomic mass is 10.3. The minimum atomic E-state index is 0.275. The second-order valence-corrected chi connectivity index (χ2v) is 5.91. The van der Waals surface area contributed by atoms with Crippen LogP contribution in [0.2, 0.25) is 0 Å². The lowest BCUT2D eigenvalue weighted by molar-refractivity contribution is -0.111. The zero-order valence-corrected chi connectivity index (χ0v) is 10.4. The highest BCUT2D eigenvalue weighted by Crippen LogP contribution is 2.28. The van der Waals surface area contributed by atoms with Crippen molar-refractivity contribution < 1.29 is 4.79 Å². The summed E-state index contributed by atoms with van der Waals surface area (Å²) in [6.07, 6.45) is 8.15. The van der Waals surface area contributed by atoms with Gasteiger partial charge in [0.2, 0.25) is 5.12 Å². The Balaban J connectivity index is 1.94. The summed E-state index contributed by atoms with van der Waals surface area (Å²) < 4.78 is 3.12. The van der Waals surface area contributed by atoms with Gasteiger partial charge in [0.15, 0.2) is 0 Å². The first-order chi connectivity index (χ1) is 6.83.